The third-order valence-corrected chi connectivity index (χ3v) is 4.85. The largest absolute Gasteiger partial charge is 0.443 e. The van der Waals surface area contributed by atoms with Gasteiger partial charge >= 0.3 is 0 Å². The zero-order chi connectivity index (χ0) is 15.3. The van der Waals surface area contributed by atoms with Crippen LogP contribution in [0.25, 0.3) is 11.1 Å². The smallest absolute Gasteiger partial charge is 0.231 e. The van der Waals surface area contributed by atoms with Crippen LogP contribution >= 0.6 is 0 Å². The molecule has 3 heterocycles. The standard InChI is InChI=1S/C16H22N4O2/c1-8-9(2)22-16-13(8)15(17)19-12(20-16)7-18-11-5-6-21-14(11)10-3-4-10/h10-11,14,18H,3-7H2,1-2H3,(H2,17,19,20). The Bertz CT molecular complexity index is 708. The number of nitrogens with two attached hydrogens (primary N) is 1. The summed E-state index contributed by atoms with van der Waals surface area (Å²) in [4.78, 5) is 8.93. The van der Waals surface area contributed by atoms with E-state index in [-0.39, 0.29) is 0 Å². The molecular weight excluding hydrogens is 280 g/mol. The highest BCUT2D eigenvalue weighted by atomic mass is 16.5. The first-order chi connectivity index (χ1) is 10.6. The molecule has 2 atom stereocenters. The Morgan fingerprint density at radius 2 is 2.05 bits per heavy atom. The number of anilines is 1. The van der Waals surface area contributed by atoms with Gasteiger partial charge in [-0.3, -0.25) is 0 Å². The van der Waals surface area contributed by atoms with Gasteiger partial charge in [-0.05, 0) is 39.0 Å². The Balaban J connectivity index is 1.52. The highest BCUT2D eigenvalue weighted by molar-refractivity contribution is 5.88. The van der Waals surface area contributed by atoms with Crippen molar-refractivity contribution in [2.45, 2.75) is 51.8 Å². The van der Waals surface area contributed by atoms with Crippen LogP contribution in [0.1, 0.15) is 36.4 Å². The summed E-state index contributed by atoms with van der Waals surface area (Å²) < 4.78 is 11.5. The maximum Gasteiger partial charge on any atom is 0.231 e. The summed E-state index contributed by atoms with van der Waals surface area (Å²) in [5.74, 6) is 2.76. The average molecular weight is 302 g/mol. The number of furan rings is 1. The molecule has 1 saturated carbocycles. The average Bonchev–Trinajstić information content (AvgIpc) is 3.15. The van der Waals surface area contributed by atoms with Crippen molar-refractivity contribution in [1.82, 2.24) is 15.3 Å². The summed E-state index contributed by atoms with van der Waals surface area (Å²) in [6, 6.07) is 0.396. The van der Waals surface area contributed by atoms with E-state index in [0.29, 0.717) is 36.0 Å². The number of fused-ring (bicyclic) bond motifs is 1. The Kier molecular flexibility index (Phi) is 3.31. The second-order valence-electron chi connectivity index (χ2n) is 6.44. The molecule has 2 unspecified atom stereocenters. The fraction of sp³-hybridized carbons (Fsp3) is 0.625. The normalized spacial score (nSPS) is 25.2. The fourth-order valence-electron chi connectivity index (χ4n) is 3.35. The van der Waals surface area contributed by atoms with Crippen molar-refractivity contribution in [2.75, 3.05) is 12.3 Å². The van der Waals surface area contributed by atoms with Crippen molar-refractivity contribution in [3.05, 3.63) is 17.1 Å². The van der Waals surface area contributed by atoms with Crippen molar-refractivity contribution in [3.63, 3.8) is 0 Å². The van der Waals surface area contributed by atoms with Gasteiger partial charge in [-0.1, -0.05) is 0 Å². The molecule has 0 aromatic carbocycles. The van der Waals surface area contributed by atoms with E-state index < -0.39 is 0 Å². The van der Waals surface area contributed by atoms with E-state index in [0.717, 1.165) is 35.7 Å². The molecule has 2 aliphatic rings. The monoisotopic (exact) mass is 302 g/mol. The number of hydrogen-bond donors (Lipinski definition) is 2. The molecule has 1 saturated heterocycles. The summed E-state index contributed by atoms with van der Waals surface area (Å²) in [5.41, 5.74) is 7.68. The predicted molar refractivity (Wildman–Crippen MR) is 83.4 cm³/mol. The lowest BCUT2D eigenvalue weighted by molar-refractivity contribution is 0.0807. The van der Waals surface area contributed by atoms with E-state index in [2.05, 4.69) is 15.3 Å². The molecule has 2 fully saturated rings. The Hall–Kier alpha value is -1.66. The van der Waals surface area contributed by atoms with E-state index in [1.165, 1.54) is 12.8 Å². The molecule has 4 rings (SSSR count). The first-order valence-electron chi connectivity index (χ1n) is 8.00. The first-order valence-corrected chi connectivity index (χ1v) is 8.00. The molecule has 2 aromatic rings. The van der Waals surface area contributed by atoms with Crippen molar-refractivity contribution in [2.24, 2.45) is 5.92 Å². The van der Waals surface area contributed by atoms with Gasteiger partial charge in [0.2, 0.25) is 5.71 Å². The molecule has 3 N–H and O–H groups in total. The van der Waals surface area contributed by atoms with Gasteiger partial charge in [0.15, 0.2) is 0 Å². The number of rotatable bonds is 4. The van der Waals surface area contributed by atoms with Crippen LogP contribution in [0.5, 0.6) is 0 Å². The molecule has 0 amide bonds. The van der Waals surface area contributed by atoms with Gasteiger partial charge in [-0.25, -0.2) is 4.98 Å². The van der Waals surface area contributed by atoms with Crippen molar-refractivity contribution >= 4 is 16.9 Å². The summed E-state index contributed by atoms with van der Waals surface area (Å²) >= 11 is 0. The number of hydrogen-bond acceptors (Lipinski definition) is 6. The summed E-state index contributed by atoms with van der Waals surface area (Å²) in [6.07, 6.45) is 4.00. The Morgan fingerprint density at radius 3 is 2.82 bits per heavy atom. The Morgan fingerprint density at radius 1 is 1.23 bits per heavy atom. The molecule has 22 heavy (non-hydrogen) atoms. The number of nitrogens with one attached hydrogen (secondary N) is 1. The molecule has 0 spiro atoms. The fourth-order valence-corrected chi connectivity index (χ4v) is 3.35. The second kappa shape index (κ2) is 5.21. The lowest BCUT2D eigenvalue weighted by Crippen LogP contribution is -2.37. The van der Waals surface area contributed by atoms with Crippen LogP contribution in [0.2, 0.25) is 0 Å². The molecule has 1 aliphatic heterocycles. The first kappa shape index (κ1) is 14.0. The van der Waals surface area contributed by atoms with Crippen LogP contribution in [0.15, 0.2) is 4.42 Å². The van der Waals surface area contributed by atoms with Crippen LogP contribution in [-0.4, -0.2) is 28.7 Å². The third-order valence-electron chi connectivity index (χ3n) is 4.85. The topological polar surface area (TPSA) is 86.2 Å². The molecule has 6 heteroatoms. The minimum Gasteiger partial charge on any atom is -0.443 e. The summed E-state index contributed by atoms with van der Waals surface area (Å²) in [5, 5.41) is 4.37. The van der Waals surface area contributed by atoms with Gasteiger partial charge in [-0.15, -0.1) is 0 Å². The zero-order valence-corrected chi connectivity index (χ0v) is 13.1. The van der Waals surface area contributed by atoms with Crippen LogP contribution in [0.4, 0.5) is 5.82 Å². The van der Waals surface area contributed by atoms with Crippen LogP contribution in [-0.2, 0) is 11.3 Å². The second-order valence-corrected chi connectivity index (χ2v) is 6.44. The van der Waals surface area contributed by atoms with Crippen LogP contribution in [0, 0.1) is 19.8 Å². The summed E-state index contributed by atoms with van der Waals surface area (Å²) in [7, 11) is 0. The SMILES string of the molecule is Cc1oc2nc(CNC3CCOC3C3CC3)nc(N)c2c1C. The van der Waals surface area contributed by atoms with Gasteiger partial charge in [-0.2, -0.15) is 4.98 Å². The number of ether oxygens (including phenoxy) is 1. The van der Waals surface area contributed by atoms with E-state index in [1.807, 2.05) is 13.8 Å². The number of nitrogen functional groups attached to an aromatic ring is 1. The molecule has 0 radical (unpaired) electrons. The lowest BCUT2D eigenvalue weighted by atomic mass is 10.1. The summed E-state index contributed by atoms with van der Waals surface area (Å²) in [6.45, 7) is 5.34. The number of aryl methyl sites for hydroxylation is 2. The number of nitrogens with zero attached hydrogens (tertiary/aromatic N) is 2. The lowest BCUT2D eigenvalue weighted by Gasteiger charge is -2.19. The zero-order valence-electron chi connectivity index (χ0n) is 13.1. The van der Waals surface area contributed by atoms with Crippen molar-refractivity contribution in [3.8, 4) is 0 Å². The number of aromatic nitrogens is 2. The van der Waals surface area contributed by atoms with Crippen molar-refractivity contribution < 1.29 is 9.15 Å². The maximum absolute atomic E-state index is 6.08. The minimum atomic E-state index is 0.356. The van der Waals surface area contributed by atoms with Gasteiger partial charge in [0.1, 0.15) is 17.4 Å². The molecule has 0 bridgehead atoms. The van der Waals surface area contributed by atoms with Gasteiger partial charge in [0.25, 0.3) is 0 Å². The van der Waals surface area contributed by atoms with E-state index in [9.17, 15) is 0 Å². The van der Waals surface area contributed by atoms with Gasteiger partial charge in [0, 0.05) is 18.2 Å². The van der Waals surface area contributed by atoms with E-state index in [4.69, 9.17) is 14.9 Å². The molecule has 118 valence electrons. The quantitative estimate of drug-likeness (QED) is 0.899. The highest BCUT2D eigenvalue weighted by Gasteiger charge is 2.40. The molecular formula is C16H22N4O2. The maximum atomic E-state index is 6.08. The van der Waals surface area contributed by atoms with Crippen LogP contribution in [0.3, 0.4) is 0 Å². The van der Waals surface area contributed by atoms with Gasteiger partial charge in [0.05, 0.1) is 18.0 Å². The molecule has 6 nitrogen and oxygen atoms in total. The molecule has 2 aromatic heterocycles. The Labute approximate surface area is 129 Å². The van der Waals surface area contributed by atoms with E-state index >= 15 is 0 Å². The minimum absolute atomic E-state index is 0.356. The van der Waals surface area contributed by atoms with Crippen LogP contribution < -0.4 is 11.1 Å². The third kappa shape index (κ3) is 2.36. The highest BCUT2D eigenvalue weighted by Crippen LogP contribution is 2.38. The molecule has 1 aliphatic carbocycles. The predicted octanol–water partition coefficient (Wildman–Crippen LogP) is 2.08. The van der Waals surface area contributed by atoms with Gasteiger partial charge < -0.3 is 20.2 Å². The van der Waals surface area contributed by atoms with Crippen molar-refractivity contribution in [1.29, 1.82) is 0 Å². The van der Waals surface area contributed by atoms with E-state index in [1.54, 1.807) is 0 Å².